The van der Waals surface area contributed by atoms with E-state index in [4.69, 9.17) is 9.84 Å². The summed E-state index contributed by atoms with van der Waals surface area (Å²) in [5.74, 6) is -0.898. The number of carbonyl (C=O) groups excluding carboxylic acids is 1. The number of carbonyl (C=O) groups is 2. The van der Waals surface area contributed by atoms with Gasteiger partial charge in [0, 0.05) is 18.8 Å². The number of hydrogen-bond acceptors (Lipinski definition) is 3. The number of benzene rings is 1. The van der Waals surface area contributed by atoms with Gasteiger partial charge in [-0.2, -0.15) is 0 Å². The van der Waals surface area contributed by atoms with Gasteiger partial charge in [-0.3, -0.25) is 0 Å². The van der Waals surface area contributed by atoms with E-state index in [0.29, 0.717) is 6.61 Å². The van der Waals surface area contributed by atoms with Gasteiger partial charge in [0.05, 0.1) is 0 Å². The molecule has 0 aliphatic rings. The van der Waals surface area contributed by atoms with Crippen LogP contribution in [0.3, 0.4) is 0 Å². The van der Waals surface area contributed by atoms with Gasteiger partial charge in [-0.15, -0.1) is 0 Å². The number of carboxylic acid groups (broad SMARTS) is 1. The summed E-state index contributed by atoms with van der Waals surface area (Å²) >= 11 is 0. The third kappa shape index (κ3) is 15.0. The van der Waals surface area contributed by atoms with Crippen LogP contribution in [0.5, 0.6) is 0 Å². The summed E-state index contributed by atoms with van der Waals surface area (Å²) in [5.41, 5.74) is 0.812. The van der Waals surface area contributed by atoms with E-state index < -0.39 is 5.97 Å². The van der Waals surface area contributed by atoms with Gasteiger partial charge in [-0.05, 0) is 25.0 Å². The van der Waals surface area contributed by atoms with Gasteiger partial charge in [0.15, 0.2) is 0 Å². The number of urea groups is 1. The molecule has 0 atom stereocenters. The zero-order valence-electron chi connectivity index (χ0n) is 17.0. The van der Waals surface area contributed by atoms with Crippen molar-refractivity contribution >= 4 is 17.7 Å². The zero-order chi connectivity index (χ0) is 20.3. The molecule has 158 valence electrons. The number of unbranched alkanes of at least 4 members (excludes halogenated alkanes) is 10. The minimum absolute atomic E-state index is 0.139. The van der Waals surface area contributed by atoms with Gasteiger partial charge in [0.25, 0.3) is 0 Å². The average molecular weight is 393 g/mol. The Morgan fingerprint density at radius 2 is 1.32 bits per heavy atom. The Hall–Kier alpha value is -2.08. The first-order chi connectivity index (χ1) is 13.7. The van der Waals surface area contributed by atoms with Gasteiger partial charge >= 0.3 is 12.0 Å². The van der Waals surface area contributed by atoms with E-state index >= 15 is 0 Å². The third-order valence-corrected chi connectivity index (χ3v) is 4.51. The highest BCUT2D eigenvalue weighted by Crippen LogP contribution is 2.11. The second-order valence-electron chi connectivity index (χ2n) is 7.08. The van der Waals surface area contributed by atoms with E-state index in [1.807, 2.05) is 30.3 Å². The number of anilines is 1. The average Bonchev–Trinajstić information content (AvgIpc) is 2.68. The highest BCUT2D eigenvalue weighted by molar-refractivity contribution is 5.89. The molecule has 0 aliphatic carbocycles. The number of nitrogens with one attached hydrogen (secondary N) is 2. The summed E-state index contributed by atoms with van der Waals surface area (Å²) in [7, 11) is 0. The molecular weight excluding hydrogens is 356 g/mol. The molecule has 6 heteroatoms. The highest BCUT2D eigenvalue weighted by atomic mass is 16.5. The van der Waals surface area contributed by atoms with Gasteiger partial charge in [0.2, 0.25) is 0 Å². The van der Waals surface area contributed by atoms with Crippen molar-refractivity contribution < 1.29 is 19.4 Å². The highest BCUT2D eigenvalue weighted by Gasteiger charge is 2.00. The minimum Gasteiger partial charge on any atom is -0.480 e. The Morgan fingerprint density at radius 3 is 1.89 bits per heavy atom. The lowest BCUT2D eigenvalue weighted by molar-refractivity contribution is -0.142. The van der Waals surface area contributed by atoms with E-state index in [9.17, 15) is 9.59 Å². The molecule has 0 heterocycles. The summed E-state index contributed by atoms with van der Waals surface area (Å²) in [6.45, 7) is 1.08. The maximum Gasteiger partial charge on any atom is 0.329 e. The molecule has 2 amide bonds. The van der Waals surface area contributed by atoms with Crippen molar-refractivity contribution in [1.82, 2.24) is 5.32 Å². The first-order valence-electron chi connectivity index (χ1n) is 10.6. The fraction of sp³-hybridized carbons (Fsp3) is 0.636. The molecule has 0 aliphatic heterocycles. The first kappa shape index (κ1) is 24.0. The van der Waals surface area contributed by atoms with Crippen LogP contribution in [0.4, 0.5) is 10.5 Å². The molecule has 3 N–H and O–H groups in total. The van der Waals surface area contributed by atoms with Crippen LogP contribution < -0.4 is 10.6 Å². The number of carboxylic acids is 1. The van der Waals surface area contributed by atoms with Gasteiger partial charge < -0.3 is 20.5 Å². The summed E-state index contributed by atoms with van der Waals surface area (Å²) in [5, 5.41) is 14.2. The molecule has 1 aromatic rings. The quantitative estimate of drug-likeness (QED) is 0.318. The van der Waals surface area contributed by atoms with E-state index in [1.165, 1.54) is 44.9 Å². The lowest BCUT2D eigenvalue weighted by Gasteiger charge is -2.07. The van der Waals surface area contributed by atoms with Gasteiger partial charge in [-0.25, -0.2) is 9.59 Å². The summed E-state index contributed by atoms with van der Waals surface area (Å²) < 4.78 is 5.01. The Balaban J connectivity index is 1.76. The lowest BCUT2D eigenvalue weighted by atomic mass is 10.1. The van der Waals surface area contributed by atoms with Gasteiger partial charge in [-0.1, -0.05) is 76.0 Å². The van der Waals surface area contributed by atoms with Crippen LogP contribution in [-0.2, 0) is 9.53 Å². The molecule has 28 heavy (non-hydrogen) atoms. The largest absolute Gasteiger partial charge is 0.480 e. The molecule has 0 bridgehead atoms. The smallest absolute Gasteiger partial charge is 0.329 e. The Labute approximate surface area is 169 Å². The first-order valence-corrected chi connectivity index (χ1v) is 10.6. The fourth-order valence-electron chi connectivity index (χ4n) is 2.98. The Morgan fingerprint density at radius 1 is 0.786 bits per heavy atom. The molecule has 0 radical (unpaired) electrons. The van der Waals surface area contributed by atoms with Crippen LogP contribution in [-0.4, -0.2) is 36.9 Å². The second-order valence-corrected chi connectivity index (χ2v) is 7.08. The zero-order valence-corrected chi connectivity index (χ0v) is 17.0. The lowest BCUT2D eigenvalue weighted by Crippen LogP contribution is -2.29. The number of hydrogen-bond donors (Lipinski definition) is 3. The monoisotopic (exact) mass is 392 g/mol. The van der Waals surface area contributed by atoms with Crippen molar-refractivity contribution in [3.8, 4) is 0 Å². The predicted octanol–water partition coefficient (Wildman–Crippen LogP) is 5.20. The number of ether oxygens (including phenoxy) is 1. The normalized spacial score (nSPS) is 10.6. The molecule has 0 saturated heterocycles. The SMILES string of the molecule is O=C(O)COCCCCCCCCCCCCCNC(=O)Nc1ccccc1. The van der Waals surface area contributed by atoms with Crippen molar-refractivity contribution in [1.29, 1.82) is 0 Å². The van der Waals surface area contributed by atoms with Crippen LogP contribution in [0, 0.1) is 0 Å². The fourth-order valence-corrected chi connectivity index (χ4v) is 2.98. The molecule has 0 fully saturated rings. The van der Waals surface area contributed by atoms with Crippen LogP contribution in [0.2, 0.25) is 0 Å². The second kappa shape index (κ2) is 17.0. The van der Waals surface area contributed by atoms with E-state index in [2.05, 4.69) is 10.6 Å². The minimum atomic E-state index is -0.898. The number of aliphatic carboxylic acids is 1. The van der Waals surface area contributed by atoms with Crippen LogP contribution >= 0.6 is 0 Å². The number of para-hydroxylation sites is 1. The molecule has 1 aromatic carbocycles. The summed E-state index contributed by atoms with van der Waals surface area (Å²) in [4.78, 5) is 22.0. The van der Waals surface area contributed by atoms with Crippen LogP contribution in [0.25, 0.3) is 0 Å². The molecular formula is C22H36N2O4. The van der Waals surface area contributed by atoms with Gasteiger partial charge in [0.1, 0.15) is 6.61 Å². The van der Waals surface area contributed by atoms with Crippen molar-refractivity contribution in [3.05, 3.63) is 30.3 Å². The maximum absolute atomic E-state index is 11.7. The Bertz CT molecular complexity index is 523. The van der Waals surface area contributed by atoms with Crippen molar-refractivity contribution in [2.45, 2.75) is 70.6 Å². The van der Waals surface area contributed by atoms with E-state index in [-0.39, 0.29) is 12.6 Å². The Kier molecular flexibility index (Phi) is 14.6. The van der Waals surface area contributed by atoms with Crippen LogP contribution in [0.15, 0.2) is 30.3 Å². The molecule has 0 spiro atoms. The molecule has 1 rings (SSSR count). The van der Waals surface area contributed by atoms with Crippen molar-refractivity contribution in [2.24, 2.45) is 0 Å². The summed E-state index contributed by atoms with van der Waals surface area (Å²) in [6.07, 6.45) is 13.0. The van der Waals surface area contributed by atoms with E-state index in [1.54, 1.807) is 0 Å². The third-order valence-electron chi connectivity index (χ3n) is 4.51. The maximum atomic E-state index is 11.7. The molecule has 0 saturated carbocycles. The van der Waals surface area contributed by atoms with Crippen LogP contribution in [0.1, 0.15) is 70.6 Å². The predicted molar refractivity (Wildman–Crippen MR) is 113 cm³/mol. The van der Waals surface area contributed by atoms with Crippen molar-refractivity contribution in [3.63, 3.8) is 0 Å². The van der Waals surface area contributed by atoms with Crippen molar-refractivity contribution in [2.75, 3.05) is 25.1 Å². The van der Waals surface area contributed by atoms with E-state index in [0.717, 1.165) is 37.9 Å². The summed E-state index contributed by atoms with van der Waals surface area (Å²) in [6, 6.07) is 9.32. The molecule has 0 aromatic heterocycles. The topological polar surface area (TPSA) is 87.7 Å². The number of amides is 2. The molecule has 6 nitrogen and oxygen atoms in total. The molecule has 0 unspecified atom stereocenters. The standard InChI is InChI=1S/C22H36N2O4/c25-21(26)19-28-18-14-9-7-5-3-1-2-4-6-8-13-17-23-22(27)24-20-15-11-10-12-16-20/h10-12,15-16H,1-9,13-14,17-19H2,(H,25,26)(H2,23,24,27). The number of rotatable bonds is 17.